The van der Waals surface area contributed by atoms with Gasteiger partial charge in [-0.3, -0.25) is 9.59 Å². The van der Waals surface area contributed by atoms with Crippen LogP contribution in [0.15, 0.2) is 84.9 Å². The molecule has 0 atom stereocenters. The zero-order chi connectivity index (χ0) is 21.2. The quantitative estimate of drug-likeness (QED) is 0.589. The summed E-state index contributed by atoms with van der Waals surface area (Å²) in [7, 11) is 0. The number of rotatable bonds is 9. The Morgan fingerprint density at radius 1 is 0.867 bits per heavy atom. The van der Waals surface area contributed by atoms with Crippen molar-refractivity contribution in [2.45, 2.75) is 13.5 Å². The topological polar surface area (TPSA) is 58.6 Å². The minimum Gasteiger partial charge on any atom is -0.367 e. The van der Waals surface area contributed by atoms with Crippen molar-refractivity contribution < 1.29 is 14.3 Å². The molecule has 3 rings (SSSR count). The van der Waals surface area contributed by atoms with Gasteiger partial charge < -0.3 is 15.0 Å². The molecule has 0 aliphatic rings. The maximum Gasteiger partial charge on any atom is 0.258 e. The summed E-state index contributed by atoms with van der Waals surface area (Å²) in [6.07, 6.45) is 0. The average molecular weight is 402 g/mol. The highest BCUT2D eigenvalue weighted by Crippen LogP contribution is 2.17. The van der Waals surface area contributed by atoms with E-state index in [1.165, 1.54) is 0 Å². The average Bonchev–Trinajstić information content (AvgIpc) is 2.78. The van der Waals surface area contributed by atoms with Gasteiger partial charge in [0, 0.05) is 24.3 Å². The second kappa shape index (κ2) is 10.9. The highest BCUT2D eigenvalue weighted by molar-refractivity contribution is 6.06. The second-order valence-corrected chi connectivity index (χ2v) is 6.99. The SMILES string of the molecule is Cc1ccc(C(=O)N(CCNC(=O)COCc2ccccc2)c2ccccc2)cc1. The van der Waals surface area contributed by atoms with Crippen LogP contribution in [-0.2, 0) is 16.1 Å². The van der Waals surface area contributed by atoms with E-state index < -0.39 is 0 Å². The Labute approximate surface area is 177 Å². The molecule has 0 unspecified atom stereocenters. The summed E-state index contributed by atoms with van der Waals surface area (Å²) in [6.45, 7) is 3.04. The van der Waals surface area contributed by atoms with E-state index in [4.69, 9.17) is 4.74 Å². The number of benzene rings is 3. The predicted molar refractivity (Wildman–Crippen MR) is 118 cm³/mol. The molecule has 0 fully saturated rings. The fourth-order valence-electron chi connectivity index (χ4n) is 3.00. The van der Waals surface area contributed by atoms with Crippen LogP contribution in [0.3, 0.4) is 0 Å². The molecule has 0 heterocycles. The molecule has 0 radical (unpaired) electrons. The fraction of sp³-hybridized carbons (Fsp3) is 0.200. The van der Waals surface area contributed by atoms with E-state index in [2.05, 4.69) is 5.32 Å². The van der Waals surface area contributed by atoms with Crippen LogP contribution in [0.5, 0.6) is 0 Å². The fourth-order valence-corrected chi connectivity index (χ4v) is 3.00. The Morgan fingerprint density at radius 2 is 1.50 bits per heavy atom. The largest absolute Gasteiger partial charge is 0.367 e. The van der Waals surface area contributed by atoms with Gasteiger partial charge in [0.2, 0.25) is 5.91 Å². The number of ether oxygens (including phenoxy) is 1. The first-order valence-corrected chi connectivity index (χ1v) is 9.95. The normalized spacial score (nSPS) is 10.4. The van der Waals surface area contributed by atoms with Crippen LogP contribution in [0, 0.1) is 6.92 Å². The van der Waals surface area contributed by atoms with Crippen LogP contribution in [0.25, 0.3) is 0 Å². The molecule has 0 spiro atoms. The van der Waals surface area contributed by atoms with E-state index in [0.29, 0.717) is 25.3 Å². The minimum absolute atomic E-state index is 0.0217. The van der Waals surface area contributed by atoms with Gasteiger partial charge >= 0.3 is 0 Å². The number of anilines is 1. The Kier molecular flexibility index (Phi) is 7.75. The van der Waals surface area contributed by atoms with Crippen molar-refractivity contribution in [3.8, 4) is 0 Å². The molecule has 3 aromatic carbocycles. The summed E-state index contributed by atoms with van der Waals surface area (Å²) in [5.41, 5.74) is 3.52. The van der Waals surface area contributed by atoms with Crippen LogP contribution >= 0.6 is 0 Å². The first kappa shape index (κ1) is 21.3. The van der Waals surface area contributed by atoms with Gasteiger partial charge in [-0.25, -0.2) is 0 Å². The van der Waals surface area contributed by atoms with Gasteiger partial charge in [-0.15, -0.1) is 0 Å². The van der Waals surface area contributed by atoms with Crippen molar-refractivity contribution in [1.29, 1.82) is 0 Å². The number of aryl methyl sites for hydroxylation is 1. The maximum atomic E-state index is 13.0. The van der Waals surface area contributed by atoms with E-state index in [1.807, 2.05) is 91.9 Å². The third-order valence-electron chi connectivity index (χ3n) is 4.61. The van der Waals surface area contributed by atoms with E-state index in [9.17, 15) is 9.59 Å². The van der Waals surface area contributed by atoms with Crippen LogP contribution in [0.1, 0.15) is 21.5 Å². The summed E-state index contributed by atoms with van der Waals surface area (Å²) in [6, 6.07) is 26.6. The standard InChI is InChI=1S/C25H26N2O3/c1-20-12-14-22(15-13-20)25(29)27(23-10-6-3-7-11-23)17-16-26-24(28)19-30-18-21-8-4-2-5-9-21/h2-15H,16-19H2,1H3,(H,26,28). The van der Waals surface area contributed by atoms with Crippen molar-refractivity contribution in [2.24, 2.45) is 0 Å². The third kappa shape index (κ3) is 6.29. The molecule has 5 nitrogen and oxygen atoms in total. The summed E-state index contributed by atoms with van der Waals surface area (Å²) >= 11 is 0. The van der Waals surface area contributed by atoms with Gasteiger partial charge in [0.15, 0.2) is 0 Å². The summed E-state index contributed by atoms with van der Waals surface area (Å²) in [5.74, 6) is -0.308. The van der Waals surface area contributed by atoms with E-state index >= 15 is 0 Å². The summed E-state index contributed by atoms with van der Waals surface area (Å²) in [4.78, 5) is 26.8. The second-order valence-electron chi connectivity index (χ2n) is 6.99. The molecule has 0 aliphatic carbocycles. The lowest BCUT2D eigenvalue weighted by Crippen LogP contribution is -2.39. The first-order valence-electron chi connectivity index (χ1n) is 9.95. The molecule has 0 aliphatic heterocycles. The highest BCUT2D eigenvalue weighted by Gasteiger charge is 2.17. The van der Waals surface area contributed by atoms with Crippen LogP contribution < -0.4 is 10.2 Å². The number of nitrogens with one attached hydrogen (secondary N) is 1. The molecule has 0 aromatic heterocycles. The number of amides is 2. The minimum atomic E-state index is -0.207. The van der Waals surface area contributed by atoms with Crippen LogP contribution in [0.4, 0.5) is 5.69 Å². The molecular formula is C25H26N2O3. The van der Waals surface area contributed by atoms with Gasteiger partial charge in [-0.1, -0.05) is 66.2 Å². The monoisotopic (exact) mass is 402 g/mol. The van der Waals surface area contributed by atoms with Gasteiger partial charge in [0.1, 0.15) is 6.61 Å². The van der Waals surface area contributed by atoms with Gasteiger partial charge in [-0.05, 0) is 36.8 Å². The molecule has 1 N–H and O–H groups in total. The molecule has 30 heavy (non-hydrogen) atoms. The number of hydrogen-bond donors (Lipinski definition) is 1. The molecule has 0 saturated carbocycles. The number of para-hydroxylation sites is 1. The van der Waals surface area contributed by atoms with E-state index in [0.717, 1.165) is 16.8 Å². The molecular weight excluding hydrogens is 376 g/mol. The van der Waals surface area contributed by atoms with Crippen molar-refractivity contribution >= 4 is 17.5 Å². The lowest BCUT2D eigenvalue weighted by Gasteiger charge is -2.23. The van der Waals surface area contributed by atoms with Crippen molar-refractivity contribution in [2.75, 3.05) is 24.6 Å². The zero-order valence-corrected chi connectivity index (χ0v) is 17.1. The lowest BCUT2D eigenvalue weighted by atomic mass is 10.1. The molecule has 3 aromatic rings. The van der Waals surface area contributed by atoms with E-state index in [1.54, 1.807) is 4.90 Å². The van der Waals surface area contributed by atoms with Gasteiger partial charge in [-0.2, -0.15) is 0 Å². The molecule has 154 valence electrons. The third-order valence-corrected chi connectivity index (χ3v) is 4.61. The molecule has 0 bridgehead atoms. The van der Waals surface area contributed by atoms with Crippen molar-refractivity contribution in [1.82, 2.24) is 5.32 Å². The number of hydrogen-bond acceptors (Lipinski definition) is 3. The van der Waals surface area contributed by atoms with Crippen LogP contribution in [0.2, 0.25) is 0 Å². The smallest absolute Gasteiger partial charge is 0.258 e. The molecule has 5 heteroatoms. The number of carbonyl (C=O) groups excluding carboxylic acids is 2. The lowest BCUT2D eigenvalue weighted by molar-refractivity contribution is -0.126. The highest BCUT2D eigenvalue weighted by atomic mass is 16.5. The Balaban J connectivity index is 1.54. The Bertz CT molecular complexity index is 941. The molecule has 2 amide bonds. The maximum absolute atomic E-state index is 13.0. The van der Waals surface area contributed by atoms with Crippen LogP contribution in [-0.4, -0.2) is 31.5 Å². The van der Waals surface area contributed by atoms with Gasteiger partial charge in [0.05, 0.1) is 6.61 Å². The number of nitrogens with zero attached hydrogens (tertiary/aromatic N) is 1. The van der Waals surface area contributed by atoms with Gasteiger partial charge in [0.25, 0.3) is 5.91 Å². The number of carbonyl (C=O) groups is 2. The van der Waals surface area contributed by atoms with E-state index in [-0.39, 0.29) is 18.4 Å². The zero-order valence-electron chi connectivity index (χ0n) is 17.1. The predicted octanol–water partition coefficient (Wildman–Crippen LogP) is 3.97. The summed E-state index contributed by atoms with van der Waals surface area (Å²) < 4.78 is 5.46. The summed E-state index contributed by atoms with van der Waals surface area (Å²) in [5, 5.41) is 2.83. The first-order chi connectivity index (χ1) is 14.6. The molecule has 0 saturated heterocycles. The Hall–Kier alpha value is -3.44. The van der Waals surface area contributed by atoms with Crippen molar-refractivity contribution in [3.63, 3.8) is 0 Å². The Morgan fingerprint density at radius 3 is 2.17 bits per heavy atom. The van der Waals surface area contributed by atoms with Crippen molar-refractivity contribution in [3.05, 3.63) is 102 Å².